The van der Waals surface area contributed by atoms with Crippen LogP contribution < -0.4 is 19.5 Å². The van der Waals surface area contributed by atoms with Gasteiger partial charge in [0.2, 0.25) is 18.6 Å². The average Bonchev–Trinajstić information content (AvgIpc) is 3.68. The Morgan fingerprint density at radius 3 is 2.36 bits per heavy atom. The summed E-state index contributed by atoms with van der Waals surface area (Å²) in [6.45, 7) is 0.156. The van der Waals surface area contributed by atoms with Crippen LogP contribution in [0.4, 0.5) is 5.95 Å². The number of rotatable bonds is 9. The Morgan fingerprint density at radius 1 is 0.905 bits per heavy atom. The van der Waals surface area contributed by atoms with Gasteiger partial charge in [0.15, 0.2) is 11.5 Å². The number of nitrogens with one attached hydrogen (secondary N) is 1. The maximum Gasteiger partial charge on any atom is 0.254 e. The lowest BCUT2D eigenvalue weighted by Gasteiger charge is -2.22. The number of anilines is 1. The maximum absolute atomic E-state index is 13.7. The molecule has 6 rings (SSSR count). The predicted molar refractivity (Wildman–Crippen MR) is 158 cm³/mol. The van der Waals surface area contributed by atoms with Crippen molar-refractivity contribution in [2.45, 2.75) is 6.54 Å². The molecule has 2 amide bonds. The third-order valence-corrected chi connectivity index (χ3v) is 6.83. The lowest BCUT2D eigenvalue weighted by molar-refractivity contribution is -0.117. The van der Waals surface area contributed by atoms with Crippen LogP contribution in [-0.2, 0) is 11.3 Å². The van der Waals surface area contributed by atoms with Crippen LogP contribution in [0.3, 0.4) is 0 Å². The number of fused-ring (bicyclic) bond motifs is 1. The van der Waals surface area contributed by atoms with E-state index < -0.39 is 0 Å². The Balaban J connectivity index is 1.28. The van der Waals surface area contributed by atoms with Crippen LogP contribution in [0.15, 0.2) is 109 Å². The zero-order valence-corrected chi connectivity index (χ0v) is 22.9. The van der Waals surface area contributed by atoms with Gasteiger partial charge in [0, 0.05) is 29.6 Å². The summed E-state index contributed by atoms with van der Waals surface area (Å²) in [5.74, 6) is 1.47. The van der Waals surface area contributed by atoms with Gasteiger partial charge in [0.1, 0.15) is 12.3 Å². The molecule has 0 spiro atoms. The molecule has 0 radical (unpaired) electrons. The van der Waals surface area contributed by atoms with Gasteiger partial charge >= 0.3 is 0 Å². The van der Waals surface area contributed by atoms with Gasteiger partial charge in [-0.2, -0.15) is 0 Å². The Labute approximate surface area is 242 Å². The molecule has 0 bridgehead atoms. The van der Waals surface area contributed by atoms with Crippen molar-refractivity contribution in [3.05, 3.63) is 120 Å². The van der Waals surface area contributed by atoms with E-state index in [0.717, 1.165) is 22.6 Å². The van der Waals surface area contributed by atoms with Crippen molar-refractivity contribution in [2.24, 2.45) is 0 Å². The van der Waals surface area contributed by atoms with E-state index in [2.05, 4.69) is 5.32 Å². The first-order chi connectivity index (χ1) is 20.6. The van der Waals surface area contributed by atoms with E-state index in [0.29, 0.717) is 28.7 Å². The number of carbonyl (C=O) groups excluding carboxylic acids is 2. The number of aromatic nitrogens is 2. The second-order valence-electron chi connectivity index (χ2n) is 9.65. The van der Waals surface area contributed by atoms with Crippen molar-refractivity contribution < 1.29 is 23.8 Å². The van der Waals surface area contributed by atoms with E-state index in [1.165, 1.54) is 4.90 Å². The van der Waals surface area contributed by atoms with Crippen LogP contribution in [0.25, 0.3) is 16.9 Å². The highest BCUT2D eigenvalue weighted by molar-refractivity contribution is 5.99. The van der Waals surface area contributed by atoms with Gasteiger partial charge in [0.25, 0.3) is 5.91 Å². The van der Waals surface area contributed by atoms with E-state index >= 15 is 0 Å². The normalized spacial score (nSPS) is 11.6. The highest BCUT2D eigenvalue weighted by atomic mass is 16.7. The first kappa shape index (κ1) is 26.6. The van der Waals surface area contributed by atoms with Crippen LogP contribution in [0, 0.1) is 0 Å². The second kappa shape index (κ2) is 11.9. The molecular formula is C33H28N4O5. The molecule has 1 aliphatic rings. The number of benzene rings is 4. The summed E-state index contributed by atoms with van der Waals surface area (Å²) in [6, 6.07) is 31.7. The molecule has 1 N–H and O–H groups in total. The highest BCUT2D eigenvalue weighted by Gasteiger charge is 2.24. The van der Waals surface area contributed by atoms with Gasteiger partial charge in [0.05, 0.1) is 12.8 Å². The number of amides is 2. The summed E-state index contributed by atoms with van der Waals surface area (Å²) in [4.78, 5) is 33.5. The van der Waals surface area contributed by atoms with Gasteiger partial charge in [-0.25, -0.2) is 4.98 Å². The Bertz CT molecular complexity index is 1700. The minimum absolute atomic E-state index is 0.107. The fourth-order valence-electron chi connectivity index (χ4n) is 4.71. The molecule has 0 aliphatic carbocycles. The fourth-order valence-corrected chi connectivity index (χ4v) is 4.71. The average molecular weight is 561 g/mol. The number of carbonyl (C=O) groups is 2. The minimum atomic E-state index is -0.385. The van der Waals surface area contributed by atoms with Crippen LogP contribution in [0.1, 0.15) is 15.9 Å². The number of methoxy groups -OCH3 is 1. The Kier molecular flexibility index (Phi) is 7.54. The molecule has 9 heteroatoms. The lowest BCUT2D eigenvalue weighted by Crippen LogP contribution is -2.38. The van der Waals surface area contributed by atoms with Crippen molar-refractivity contribution in [2.75, 3.05) is 25.8 Å². The number of hydrogen-bond donors (Lipinski definition) is 1. The van der Waals surface area contributed by atoms with Crippen molar-refractivity contribution in [1.29, 1.82) is 0 Å². The summed E-state index contributed by atoms with van der Waals surface area (Å²) in [5, 5.41) is 2.94. The molecule has 2 heterocycles. The highest BCUT2D eigenvalue weighted by Crippen LogP contribution is 2.33. The molecule has 4 aromatic carbocycles. The summed E-state index contributed by atoms with van der Waals surface area (Å²) < 4.78 is 17.9. The standard InChI is InChI=1S/C33H28N4O5/c1-40-27-15-12-24(13-16-27)28-20-37(26-10-6-3-7-11-26)33(34-28)35-31(38)21-36(19-23-8-4-2-5-9-23)32(39)25-14-17-29-30(18-25)42-22-41-29/h2-18,20H,19,21-22H2,1H3,(H,34,35,38). The van der Waals surface area contributed by atoms with Crippen molar-refractivity contribution >= 4 is 17.8 Å². The molecular weight excluding hydrogens is 532 g/mol. The van der Waals surface area contributed by atoms with Crippen LogP contribution in [-0.4, -0.2) is 46.7 Å². The van der Waals surface area contributed by atoms with Gasteiger partial charge in [-0.1, -0.05) is 48.5 Å². The number of ether oxygens (including phenoxy) is 3. The van der Waals surface area contributed by atoms with E-state index in [4.69, 9.17) is 19.2 Å². The van der Waals surface area contributed by atoms with Crippen LogP contribution in [0.5, 0.6) is 17.2 Å². The molecule has 9 nitrogen and oxygen atoms in total. The van der Waals surface area contributed by atoms with E-state index in [-0.39, 0.29) is 31.7 Å². The lowest BCUT2D eigenvalue weighted by atomic mass is 10.1. The molecule has 210 valence electrons. The monoisotopic (exact) mass is 560 g/mol. The summed E-state index contributed by atoms with van der Waals surface area (Å²) in [6.07, 6.45) is 1.87. The molecule has 1 aliphatic heterocycles. The SMILES string of the molecule is COc1ccc(-c2cn(-c3ccccc3)c(NC(=O)CN(Cc3ccccc3)C(=O)c3ccc4c(c3)OCO4)n2)cc1. The molecule has 5 aromatic rings. The smallest absolute Gasteiger partial charge is 0.254 e. The number of para-hydroxylation sites is 1. The Hall–Kier alpha value is -5.57. The first-order valence-electron chi connectivity index (χ1n) is 13.4. The van der Waals surface area contributed by atoms with E-state index in [1.54, 1.807) is 25.3 Å². The summed E-state index contributed by atoms with van der Waals surface area (Å²) in [5.41, 5.74) is 3.67. The van der Waals surface area contributed by atoms with Crippen molar-refractivity contribution in [1.82, 2.24) is 14.5 Å². The molecule has 0 unspecified atom stereocenters. The maximum atomic E-state index is 13.7. The largest absolute Gasteiger partial charge is 0.497 e. The minimum Gasteiger partial charge on any atom is -0.497 e. The zero-order chi connectivity index (χ0) is 28.9. The van der Waals surface area contributed by atoms with Gasteiger partial charge < -0.3 is 19.1 Å². The quantitative estimate of drug-likeness (QED) is 0.254. The third kappa shape index (κ3) is 5.80. The zero-order valence-electron chi connectivity index (χ0n) is 22.9. The van der Waals surface area contributed by atoms with Gasteiger partial charge in [-0.05, 0) is 60.2 Å². The molecule has 0 saturated heterocycles. The Morgan fingerprint density at radius 2 is 1.62 bits per heavy atom. The van der Waals surface area contributed by atoms with Crippen molar-refractivity contribution in [3.63, 3.8) is 0 Å². The molecule has 42 heavy (non-hydrogen) atoms. The third-order valence-electron chi connectivity index (χ3n) is 6.83. The predicted octanol–water partition coefficient (Wildman–Crippen LogP) is 5.56. The van der Waals surface area contributed by atoms with E-state index in [1.807, 2.05) is 95.7 Å². The van der Waals surface area contributed by atoms with Crippen LogP contribution in [0.2, 0.25) is 0 Å². The fraction of sp³-hybridized carbons (Fsp3) is 0.121. The molecule has 1 aromatic heterocycles. The topological polar surface area (TPSA) is 94.9 Å². The second-order valence-corrected chi connectivity index (χ2v) is 9.65. The summed E-state index contributed by atoms with van der Waals surface area (Å²) >= 11 is 0. The molecule has 0 saturated carbocycles. The summed E-state index contributed by atoms with van der Waals surface area (Å²) in [7, 11) is 1.62. The van der Waals surface area contributed by atoms with Crippen molar-refractivity contribution in [3.8, 4) is 34.2 Å². The van der Waals surface area contributed by atoms with Crippen LogP contribution >= 0.6 is 0 Å². The first-order valence-corrected chi connectivity index (χ1v) is 13.4. The number of hydrogen-bond acceptors (Lipinski definition) is 6. The van der Waals surface area contributed by atoms with Gasteiger partial charge in [-0.15, -0.1) is 0 Å². The number of nitrogens with zero attached hydrogens (tertiary/aromatic N) is 3. The molecule has 0 fully saturated rings. The van der Waals surface area contributed by atoms with Gasteiger partial charge in [-0.3, -0.25) is 19.5 Å². The molecule has 0 atom stereocenters. The van der Waals surface area contributed by atoms with E-state index in [9.17, 15) is 9.59 Å². The number of imidazole rings is 1.